The molecule has 1 fully saturated rings. The summed E-state index contributed by atoms with van der Waals surface area (Å²) in [7, 11) is -3.59. The Kier molecular flexibility index (Phi) is 6.39. The SMILES string of the molecule is CC(C)(C)N(Cc1ccccn1)C(=O)c1cccc(S(=O)(=O)N2CCCCC2)c1. The number of aromatic nitrogens is 1. The molecule has 0 atom stereocenters. The van der Waals surface area contributed by atoms with E-state index in [-0.39, 0.29) is 10.8 Å². The minimum Gasteiger partial charge on any atom is -0.328 e. The number of hydrogen-bond acceptors (Lipinski definition) is 4. The van der Waals surface area contributed by atoms with Gasteiger partial charge in [0.2, 0.25) is 10.0 Å². The molecule has 1 aliphatic heterocycles. The Bertz CT molecular complexity index is 947. The number of rotatable bonds is 5. The van der Waals surface area contributed by atoms with Crippen molar-refractivity contribution in [1.82, 2.24) is 14.2 Å². The zero-order chi connectivity index (χ0) is 21.1. The first-order valence-electron chi connectivity index (χ1n) is 10.0. The molecule has 0 N–H and O–H groups in total. The molecule has 1 aliphatic rings. The summed E-state index contributed by atoms with van der Waals surface area (Å²) >= 11 is 0. The normalized spacial score (nSPS) is 15.8. The van der Waals surface area contributed by atoms with E-state index in [0.29, 0.717) is 25.2 Å². The lowest BCUT2D eigenvalue weighted by Gasteiger charge is -2.35. The highest BCUT2D eigenvalue weighted by atomic mass is 32.2. The molecule has 0 aliphatic carbocycles. The Labute approximate surface area is 173 Å². The van der Waals surface area contributed by atoms with Crippen LogP contribution in [0.3, 0.4) is 0 Å². The van der Waals surface area contributed by atoms with Crippen LogP contribution in [0.15, 0.2) is 53.6 Å². The Hall–Kier alpha value is -2.25. The van der Waals surface area contributed by atoms with E-state index in [0.717, 1.165) is 25.0 Å². The molecule has 2 heterocycles. The number of piperidine rings is 1. The number of pyridine rings is 1. The average Bonchev–Trinajstić information content (AvgIpc) is 2.72. The zero-order valence-corrected chi connectivity index (χ0v) is 18.2. The average molecular weight is 416 g/mol. The smallest absolute Gasteiger partial charge is 0.254 e. The van der Waals surface area contributed by atoms with E-state index < -0.39 is 15.6 Å². The Morgan fingerprint density at radius 3 is 2.41 bits per heavy atom. The van der Waals surface area contributed by atoms with Crippen LogP contribution < -0.4 is 0 Å². The van der Waals surface area contributed by atoms with Crippen LogP contribution in [0.4, 0.5) is 0 Å². The van der Waals surface area contributed by atoms with E-state index in [1.165, 1.54) is 10.4 Å². The predicted octanol–water partition coefficient (Wildman–Crippen LogP) is 3.70. The van der Waals surface area contributed by atoms with Crippen LogP contribution in [0.1, 0.15) is 56.1 Å². The third-order valence-electron chi connectivity index (χ3n) is 5.13. The van der Waals surface area contributed by atoms with Crippen molar-refractivity contribution in [3.63, 3.8) is 0 Å². The number of benzene rings is 1. The summed E-state index contributed by atoms with van der Waals surface area (Å²) in [5.74, 6) is -0.209. The molecular formula is C22H29N3O3S. The van der Waals surface area contributed by atoms with Crippen molar-refractivity contribution in [3.8, 4) is 0 Å². The van der Waals surface area contributed by atoms with Crippen molar-refractivity contribution in [3.05, 3.63) is 59.9 Å². The van der Waals surface area contributed by atoms with Crippen molar-refractivity contribution >= 4 is 15.9 Å². The molecule has 29 heavy (non-hydrogen) atoms. The van der Waals surface area contributed by atoms with Gasteiger partial charge in [-0.1, -0.05) is 18.6 Å². The number of carbonyl (C=O) groups is 1. The Morgan fingerprint density at radius 1 is 1.07 bits per heavy atom. The molecule has 3 rings (SSSR count). The van der Waals surface area contributed by atoms with Crippen molar-refractivity contribution in [2.75, 3.05) is 13.1 Å². The number of nitrogens with zero attached hydrogens (tertiary/aromatic N) is 3. The second-order valence-electron chi connectivity index (χ2n) is 8.38. The van der Waals surface area contributed by atoms with E-state index in [1.54, 1.807) is 29.3 Å². The third kappa shape index (κ3) is 5.03. The molecule has 0 radical (unpaired) electrons. The summed E-state index contributed by atoms with van der Waals surface area (Å²) in [6.45, 7) is 7.31. The fourth-order valence-corrected chi connectivity index (χ4v) is 5.03. The van der Waals surface area contributed by atoms with Crippen LogP contribution in [0.2, 0.25) is 0 Å². The maximum absolute atomic E-state index is 13.3. The second-order valence-corrected chi connectivity index (χ2v) is 10.3. The first-order valence-corrected chi connectivity index (χ1v) is 11.5. The molecular weight excluding hydrogens is 386 g/mol. The zero-order valence-electron chi connectivity index (χ0n) is 17.3. The van der Waals surface area contributed by atoms with Gasteiger partial charge in [-0.2, -0.15) is 4.31 Å². The van der Waals surface area contributed by atoms with Crippen molar-refractivity contribution in [1.29, 1.82) is 0 Å². The quantitative estimate of drug-likeness (QED) is 0.747. The van der Waals surface area contributed by atoms with Crippen LogP contribution in [0.25, 0.3) is 0 Å². The van der Waals surface area contributed by atoms with Gasteiger partial charge in [-0.05, 0) is 63.9 Å². The highest BCUT2D eigenvalue weighted by Gasteiger charge is 2.30. The van der Waals surface area contributed by atoms with Gasteiger partial charge in [0.15, 0.2) is 0 Å². The summed E-state index contributed by atoms with van der Waals surface area (Å²) in [6.07, 6.45) is 4.50. The molecule has 6 nitrogen and oxygen atoms in total. The molecule has 7 heteroatoms. The lowest BCUT2D eigenvalue weighted by Crippen LogP contribution is -2.45. The number of hydrogen-bond donors (Lipinski definition) is 0. The van der Waals surface area contributed by atoms with Gasteiger partial charge < -0.3 is 4.90 Å². The summed E-state index contributed by atoms with van der Waals surface area (Å²) in [6, 6.07) is 12.0. The van der Waals surface area contributed by atoms with Gasteiger partial charge in [0.25, 0.3) is 5.91 Å². The molecule has 1 aromatic carbocycles. The van der Waals surface area contributed by atoms with E-state index in [9.17, 15) is 13.2 Å². The summed E-state index contributed by atoms with van der Waals surface area (Å²) in [5, 5.41) is 0. The van der Waals surface area contributed by atoms with Crippen molar-refractivity contribution in [2.45, 2.75) is 57.0 Å². The fraction of sp³-hybridized carbons (Fsp3) is 0.455. The lowest BCUT2D eigenvalue weighted by atomic mass is 10.0. The monoisotopic (exact) mass is 415 g/mol. The highest BCUT2D eigenvalue weighted by Crippen LogP contribution is 2.24. The van der Waals surface area contributed by atoms with E-state index in [2.05, 4.69) is 4.98 Å². The standard InChI is InChI=1S/C22H29N3O3S/c1-22(2,3)25(17-19-11-5-6-13-23-19)21(26)18-10-9-12-20(16-18)29(27,28)24-14-7-4-8-15-24/h5-6,9-13,16H,4,7-8,14-15,17H2,1-3H3. The van der Waals surface area contributed by atoms with E-state index in [4.69, 9.17) is 0 Å². The van der Waals surface area contributed by atoms with Crippen molar-refractivity contribution < 1.29 is 13.2 Å². The molecule has 0 bridgehead atoms. The van der Waals surface area contributed by atoms with Gasteiger partial charge in [0, 0.05) is 30.4 Å². The van der Waals surface area contributed by atoms with Gasteiger partial charge in [-0.25, -0.2) is 8.42 Å². The summed E-state index contributed by atoms with van der Waals surface area (Å²) < 4.78 is 27.5. The molecule has 1 aromatic heterocycles. The minimum absolute atomic E-state index is 0.178. The fourth-order valence-electron chi connectivity index (χ4n) is 3.47. The molecule has 0 spiro atoms. The van der Waals surface area contributed by atoms with Gasteiger partial charge >= 0.3 is 0 Å². The minimum atomic E-state index is -3.59. The topological polar surface area (TPSA) is 70.6 Å². The van der Waals surface area contributed by atoms with E-state index >= 15 is 0 Å². The second kappa shape index (κ2) is 8.63. The summed E-state index contributed by atoms with van der Waals surface area (Å²) in [5.41, 5.74) is 0.706. The Balaban J connectivity index is 1.90. The summed E-state index contributed by atoms with van der Waals surface area (Å²) in [4.78, 5) is 19.6. The molecule has 1 saturated heterocycles. The maximum Gasteiger partial charge on any atom is 0.254 e. The van der Waals surface area contributed by atoms with Crippen LogP contribution in [0, 0.1) is 0 Å². The predicted molar refractivity (Wildman–Crippen MR) is 113 cm³/mol. The number of sulfonamides is 1. The van der Waals surface area contributed by atoms with Crippen LogP contribution in [0.5, 0.6) is 0 Å². The van der Waals surface area contributed by atoms with Crippen molar-refractivity contribution in [2.24, 2.45) is 0 Å². The van der Waals surface area contributed by atoms with Gasteiger partial charge in [0.05, 0.1) is 17.1 Å². The lowest BCUT2D eigenvalue weighted by molar-refractivity contribution is 0.0555. The number of amides is 1. The molecule has 0 saturated carbocycles. The molecule has 1 amide bonds. The molecule has 2 aromatic rings. The Morgan fingerprint density at radius 2 is 1.79 bits per heavy atom. The van der Waals surface area contributed by atoms with Gasteiger partial charge in [0.1, 0.15) is 0 Å². The third-order valence-corrected chi connectivity index (χ3v) is 7.03. The van der Waals surface area contributed by atoms with Gasteiger partial charge in [-0.15, -0.1) is 0 Å². The van der Waals surface area contributed by atoms with E-state index in [1.807, 2.05) is 39.0 Å². The maximum atomic E-state index is 13.3. The number of carbonyl (C=O) groups excluding carboxylic acids is 1. The molecule has 156 valence electrons. The van der Waals surface area contributed by atoms with Gasteiger partial charge in [-0.3, -0.25) is 9.78 Å². The van der Waals surface area contributed by atoms with Crippen LogP contribution in [-0.4, -0.2) is 47.1 Å². The highest BCUT2D eigenvalue weighted by molar-refractivity contribution is 7.89. The largest absolute Gasteiger partial charge is 0.328 e. The molecule has 0 unspecified atom stereocenters. The first-order chi connectivity index (χ1) is 13.7. The van der Waals surface area contributed by atoms with Crippen LogP contribution >= 0.6 is 0 Å². The van der Waals surface area contributed by atoms with Crippen LogP contribution in [-0.2, 0) is 16.6 Å². The first kappa shape index (κ1) is 21.5.